The quantitative estimate of drug-likeness (QED) is 0.326. The number of amidine groups is 1. The average Bonchev–Trinajstić information content (AvgIpc) is 3.33. The van der Waals surface area contributed by atoms with E-state index in [9.17, 15) is 14.0 Å². The Morgan fingerprint density at radius 1 is 1.19 bits per heavy atom. The first-order valence-corrected chi connectivity index (χ1v) is 12.8. The molecule has 12 heteroatoms. The Bertz CT molecular complexity index is 1080. The molecular formula is C24H30BrFN6O4. The molecule has 2 aliphatic rings. The number of urea groups is 1. The van der Waals surface area contributed by atoms with Crippen molar-refractivity contribution in [3.63, 3.8) is 0 Å². The lowest BCUT2D eigenvalue weighted by Crippen LogP contribution is -2.44. The second kappa shape index (κ2) is 12.4. The minimum absolute atomic E-state index is 0.145. The molecule has 1 aromatic heterocycles. The standard InChI is InChI=1S/C24H30BrFN6O4/c25-19-13-17(4-5-20(19)26)29-23(27)22(33)16-6-8-31(9-7-16)24(34)30-18-14-28-32(15-18)10-12-36-21-3-1-2-11-35-21/h4-5,13-16,21H,1-3,6-12H2,(H2,27,29)(H,30,34). The Morgan fingerprint density at radius 3 is 2.72 bits per heavy atom. The number of likely N-dealkylation sites (tertiary alicyclic amines) is 1. The van der Waals surface area contributed by atoms with E-state index in [1.54, 1.807) is 22.0 Å². The number of piperidine rings is 1. The zero-order valence-corrected chi connectivity index (χ0v) is 21.4. The van der Waals surface area contributed by atoms with Crippen molar-refractivity contribution in [2.24, 2.45) is 5.92 Å². The number of nitrogens with one attached hydrogen (secondary N) is 3. The van der Waals surface area contributed by atoms with Crippen molar-refractivity contribution in [2.75, 3.05) is 36.9 Å². The summed E-state index contributed by atoms with van der Waals surface area (Å²) in [5, 5.41) is 17.9. The molecule has 0 radical (unpaired) electrons. The molecule has 0 aliphatic carbocycles. The lowest BCUT2D eigenvalue weighted by molar-refractivity contribution is -0.163. The van der Waals surface area contributed by atoms with Crippen LogP contribution in [0.25, 0.3) is 0 Å². The summed E-state index contributed by atoms with van der Waals surface area (Å²) in [5.41, 5.74) is 1.04. The van der Waals surface area contributed by atoms with Crippen LogP contribution in [0.4, 0.5) is 20.6 Å². The number of hydrogen-bond donors (Lipinski definition) is 3. The fourth-order valence-electron chi connectivity index (χ4n) is 4.20. The highest BCUT2D eigenvalue weighted by Crippen LogP contribution is 2.23. The second-order valence-corrected chi connectivity index (χ2v) is 9.70. The molecule has 10 nitrogen and oxygen atoms in total. The highest BCUT2D eigenvalue weighted by atomic mass is 79.9. The monoisotopic (exact) mass is 564 g/mol. The van der Waals surface area contributed by atoms with Gasteiger partial charge < -0.3 is 25.0 Å². The van der Waals surface area contributed by atoms with Crippen LogP contribution in [0.3, 0.4) is 0 Å². The van der Waals surface area contributed by atoms with E-state index in [1.165, 1.54) is 18.2 Å². The Morgan fingerprint density at radius 2 is 2.00 bits per heavy atom. The number of hydrogen-bond acceptors (Lipinski definition) is 6. The van der Waals surface area contributed by atoms with Crippen LogP contribution in [0.1, 0.15) is 32.1 Å². The number of Topliss-reactive ketones (excluding diaryl/α,β-unsaturated/α-hetero) is 1. The van der Waals surface area contributed by atoms with Crippen molar-refractivity contribution in [1.29, 1.82) is 5.41 Å². The van der Waals surface area contributed by atoms with Crippen molar-refractivity contribution >= 4 is 45.0 Å². The van der Waals surface area contributed by atoms with Gasteiger partial charge in [-0.1, -0.05) is 0 Å². The first kappa shape index (κ1) is 26.2. The highest BCUT2D eigenvalue weighted by Gasteiger charge is 2.29. The van der Waals surface area contributed by atoms with Gasteiger partial charge in [0.1, 0.15) is 5.82 Å². The van der Waals surface area contributed by atoms with Gasteiger partial charge in [-0.25, -0.2) is 9.18 Å². The second-order valence-electron chi connectivity index (χ2n) is 8.84. The number of rotatable bonds is 8. The Balaban J connectivity index is 1.18. The van der Waals surface area contributed by atoms with Crippen molar-refractivity contribution in [3.05, 3.63) is 40.9 Å². The van der Waals surface area contributed by atoms with Gasteiger partial charge in [-0.2, -0.15) is 5.10 Å². The summed E-state index contributed by atoms with van der Waals surface area (Å²) in [6, 6.07) is 3.95. The van der Waals surface area contributed by atoms with Crippen LogP contribution in [0.5, 0.6) is 0 Å². The number of ether oxygens (including phenoxy) is 2. The molecule has 0 saturated carbocycles. The average molecular weight is 565 g/mol. The molecule has 2 aromatic rings. The van der Waals surface area contributed by atoms with E-state index in [1.807, 2.05) is 0 Å². The largest absolute Gasteiger partial charge is 0.353 e. The van der Waals surface area contributed by atoms with Gasteiger partial charge >= 0.3 is 6.03 Å². The van der Waals surface area contributed by atoms with Crippen LogP contribution in [0, 0.1) is 17.1 Å². The Kier molecular flexibility index (Phi) is 9.05. The van der Waals surface area contributed by atoms with Gasteiger partial charge in [0.25, 0.3) is 0 Å². The van der Waals surface area contributed by atoms with E-state index in [-0.39, 0.29) is 34.3 Å². The van der Waals surface area contributed by atoms with Gasteiger partial charge in [-0.05, 0) is 66.2 Å². The van der Waals surface area contributed by atoms with Gasteiger partial charge in [0.2, 0.25) is 5.78 Å². The number of amides is 2. The number of ketones is 1. The maximum absolute atomic E-state index is 13.4. The molecule has 1 aromatic carbocycles. The van der Waals surface area contributed by atoms with E-state index in [4.69, 9.17) is 14.9 Å². The molecule has 4 rings (SSSR count). The first-order valence-electron chi connectivity index (χ1n) is 12.1. The number of benzene rings is 1. The fourth-order valence-corrected chi connectivity index (χ4v) is 4.58. The number of nitrogens with zero attached hydrogens (tertiary/aromatic N) is 3. The van der Waals surface area contributed by atoms with Gasteiger partial charge in [0.15, 0.2) is 12.1 Å². The van der Waals surface area contributed by atoms with Gasteiger partial charge in [-0.3, -0.25) is 14.9 Å². The molecule has 1 atom stereocenters. The third kappa shape index (κ3) is 7.11. The summed E-state index contributed by atoms with van der Waals surface area (Å²) in [7, 11) is 0. The van der Waals surface area contributed by atoms with E-state index in [0.717, 1.165) is 25.9 Å². The number of halogens is 2. The predicted molar refractivity (Wildman–Crippen MR) is 136 cm³/mol. The van der Waals surface area contributed by atoms with Gasteiger partial charge in [0, 0.05) is 37.5 Å². The van der Waals surface area contributed by atoms with Crippen molar-refractivity contribution in [3.8, 4) is 0 Å². The smallest absolute Gasteiger partial charge is 0.321 e. The molecule has 1 unspecified atom stereocenters. The van der Waals surface area contributed by atoms with Crippen molar-refractivity contribution in [1.82, 2.24) is 14.7 Å². The molecule has 194 valence electrons. The Hall–Kier alpha value is -2.83. The van der Waals surface area contributed by atoms with Crippen LogP contribution < -0.4 is 10.6 Å². The normalized spacial score (nSPS) is 18.6. The summed E-state index contributed by atoms with van der Waals surface area (Å²) in [6.45, 7) is 2.57. The molecule has 36 heavy (non-hydrogen) atoms. The van der Waals surface area contributed by atoms with E-state index >= 15 is 0 Å². The molecule has 0 bridgehead atoms. The number of anilines is 2. The van der Waals surface area contributed by atoms with Crippen molar-refractivity contribution in [2.45, 2.75) is 44.9 Å². The van der Waals surface area contributed by atoms with Crippen LogP contribution >= 0.6 is 15.9 Å². The number of carbonyl (C=O) groups excluding carboxylic acids is 2. The molecule has 2 fully saturated rings. The number of carbonyl (C=O) groups is 2. The first-order chi connectivity index (χ1) is 17.4. The summed E-state index contributed by atoms with van der Waals surface area (Å²) in [5.74, 6) is -1.34. The van der Waals surface area contributed by atoms with Crippen LogP contribution in [0.15, 0.2) is 35.1 Å². The third-order valence-electron chi connectivity index (χ3n) is 6.23. The molecule has 0 spiro atoms. The van der Waals surface area contributed by atoms with E-state index in [0.29, 0.717) is 50.5 Å². The minimum Gasteiger partial charge on any atom is -0.353 e. The lowest BCUT2D eigenvalue weighted by atomic mass is 9.92. The zero-order valence-electron chi connectivity index (χ0n) is 19.8. The number of aromatic nitrogens is 2. The van der Waals surface area contributed by atoms with E-state index in [2.05, 4.69) is 31.7 Å². The molecule has 2 aliphatic heterocycles. The lowest BCUT2D eigenvalue weighted by Gasteiger charge is -2.31. The maximum atomic E-state index is 13.4. The van der Waals surface area contributed by atoms with Gasteiger partial charge in [0.05, 0.1) is 29.5 Å². The molecule has 3 N–H and O–H groups in total. The molecule has 2 amide bonds. The maximum Gasteiger partial charge on any atom is 0.321 e. The topological polar surface area (TPSA) is 122 Å². The molecule has 2 saturated heterocycles. The summed E-state index contributed by atoms with van der Waals surface area (Å²) < 4.78 is 26.6. The summed E-state index contributed by atoms with van der Waals surface area (Å²) in [4.78, 5) is 27.0. The van der Waals surface area contributed by atoms with Crippen LogP contribution in [0.2, 0.25) is 0 Å². The molecule has 3 heterocycles. The van der Waals surface area contributed by atoms with Crippen LogP contribution in [-0.4, -0.2) is 64.9 Å². The predicted octanol–water partition coefficient (Wildman–Crippen LogP) is 4.23. The van der Waals surface area contributed by atoms with E-state index < -0.39 is 5.82 Å². The highest BCUT2D eigenvalue weighted by molar-refractivity contribution is 9.10. The zero-order chi connectivity index (χ0) is 25.5. The minimum atomic E-state index is -0.421. The summed E-state index contributed by atoms with van der Waals surface area (Å²) >= 11 is 3.09. The Labute approximate surface area is 217 Å². The SMILES string of the molecule is N=C(Nc1ccc(F)c(Br)c1)C(=O)C1CCN(C(=O)Nc2cnn(CCOC3CCCCO3)c2)CC1. The van der Waals surface area contributed by atoms with Crippen molar-refractivity contribution < 1.29 is 23.5 Å². The van der Waals surface area contributed by atoms with Gasteiger partial charge in [-0.15, -0.1) is 0 Å². The third-order valence-corrected chi connectivity index (χ3v) is 6.84. The fraction of sp³-hybridized carbons (Fsp3) is 0.500. The summed E-state index contributed by atoms with van der Waals surface area (Å²) in [6.07, 6.45) is 7.22. The molecular weight excluding hydrogens is 535 g/mol. The van der Waals surface area contributed by atoms with Crippen LogP contribution in [-0.2, 0) is 20.8 Å².